The number of benzene rings is 4. The van der Waals surface area contributed by atoms with Gasteiger partial charge >= 0.3 is 0 Å². The molecule has 0 unspecified atom stereocenters. The second-order valence-corrected chi connectivity index (χ2v) is 9.15. The smallest absolute Gasteiger partial charge is 0.159 e. The number of hydrogen-bond acceptors (Lipinski definition) is 2. The summed E-state index contributed by atoms with van der Waals surface area (Å²) in [5.41, 5.74) is 2.18. The molecule has 5 rings (SSSR count). The molecular formula is C27H25N2O. The number of fused-ring (bicyclic) bond motifs is 2. The van der Waals surface area contributed by atoms with E-state index < -0.39 is 11.1 Å². The second-order valence-electron chi connectivity index (χ2n) is 9.15. The van der Waals surface area contributed by atoms with Gasteiger partial charge in [-0.3, -0.25) is 4.99 Å². The average Bonchev–Trinajstić information content (AvgIpc) is 2.91. The summed E-state index contributed by atoms with van der Waals surface area (Å²) in [5, 5.41) is 18.9. The molecule has 4 aromatic carbocycles. The largest absolute Gasteiger partial charge is 0.257 e. The Morgan fingerprint density at radius 2 is 1.30 bits per heavy atom. The van der Waals surface area contributed by atoms with Crippen molar-refractivity contribution in [3.8, 4) is 11.1 Å². The standard InChI is InChI=1S/C27H25N2O/c1-26(2)27(3,4)29(30)25(28-26)19-14-12-18(13-15-19)23-11-7-10-22-16-20-8-5-6-9-21(20)17-24(22)23/h5-17H,1-4H3. The van der Waals surface area contributed by atoms with E-state index in [1.165, 1.54) is 27.1 Å². The number of nitrogens with zero attached hydrogens (tertiary/aromatic N) is 2. The van der Waals surface area contributed by atoms with Crippen LogP contribution in [-0.2, 0) is 5.21 Å². The molecule has 30 heavy (non-hydrogen) atoms. The van der Waals surface area contributed by atoms with E-state index in [0.29, 0.717) is 5.84 Å². The Hall–Kier alpha value is -3.17. The summed E-state index contributed by atoms with van der Waals surface area (Å²) in [6.45, 7) is 7.93. The highest BCUT2D eigenvalue weighted by atomic mass is 16.5. The van der Waals surface area contributed by atoms with E-state index in [2.05, 4.69) is 66.7 Å². The maximum absolute atomic E-state index is 12.9. The second kappa shape index (κ2) is 6.41. The predicted octanol–water partition coefficient (Wildman–Crippen LogP) is 6.62. The van der Waals surface area contributed by atoms with Gasteiger partial charge in [0.2, 0.25) is 0 Å². The summed E-state index contributed by atoms with van der Waals surface area (Å²) < 4.78 is 0. The molecule has 1 aliphatic rings. The van der Waals surface area contributed by atoms with Gasteiger partial charge in [-0.05, 0) is 72.5 Å². The van der Waals surface area contributed by atoms with Crippen molar-refractivity contribution in [3.05, 3.63) is 84.4 Å². The van der Waals surface area contributed by atoms with Crippen molar-refractivity contribution >= 4 is 27.4 Å². The van der Waals surface area contributed by atoms with E-state index in [-0.39, 0.29) is 0 Å². The predicted molar refractivity (Wildman–Crippen MR) is 124 cm³/mol. The van der Waals surface area contributed by atoms with Crippen molar-refractivity contribution in [2.45, 2.75) is 38.8 Å². The zero-order valence-corrected chi connectivity index (χ0v) is 17.8. The summed E-state index contributed by atoms with van der Waals surface area (Å²) in [6.07, 6.45) is 0. The quantitative estimate of drug-likeness (QED) is 0.352. The van der Waals surface area contributed by atoms with Crippen molar-refractivity contribution < 1.29 is 5.21 Å². The van der Waals surface area contributed by atoms with Crippen LogP contribution in [-0.4, -0.2) is 22.0 Å². The number of rotatable bonds is 2. The minimum absolute atomic E-state index is 0.431. The maximum atomic E-state index is 12.9. The van der Waals surface area contributed by atoms with Gasteiger partial charge < -0.3 is 0 Å². The molecule has 3 nitrogen and oxygen atoms in total. The molecule has 0 spiro atoms. The van der Waals surface area contributed by atoms with Gasteiger partial charge in [0.1, 0.15) is 0 Å². The van der Waals surface area contributed by atoms with Crippen LogP contribution < -0.4 is 0 Å². The van der Waals surface area contributed by atoms with Crippen LogP contribution in [0.4, 0.5) is 0 Å². The Morgan fingerprint density at radius 1 is 0.700 bits per heavy atom. The highest BCUT2D eigenvalue weighted by Crippen LogP contribution is 2.38. The zero-order valence-electron chi connectivity index (χ0n) is 17.8. The summed E-state index contributed by atoms with van der Waals surface area (Å²) in [5.74, 6) is 0.514. The highest BCUT2D eigenvalue weighted by molar-refractivity contribution is 6.05. The summed E-state index contributed by atoms with van der Waals surface area (Å²) in [7, 11) is 0. The molecule has 0 N–H and O–H groups in total. The third kappa shape index (κ3) is 2.73. The minimum Gasteiger partial charge on any atom is -0.257 e. The lowest BCUT2D eigenvalue weighted by Gasteiger charge is -2.35. The molecule has 149 valence electrons. The lowest BCUT2D eigenvalue weighted by Crippen LogP contribution is -2.50. The molecule has 1 radical (unpaired) electrons. The Kier molecular flexibility index (Phi) is 4.03. The van der Waals surface area contributed by atoms with E-state index in [0.717, 1.165) is 16.2 Å². The highest BCUT2D eigenvalue weighted by Gasteiger charge is 2.50. The molecule has 0 atom stereocenters. The van der Waals surface area contributed by atoms with Crippen LogP contribution in [0.5, 0.6) is 0 Å². The molecule has 0 bridgehead atoms. The number of amidine groups is 1. The Bertz CT molecular complexity index is 1300. The first-order chi connectivity index (χ1) is 14.3. The van der Waals surface area contributed by atoms with Gasteiger partial charge in [-0.2, -0.15) is 5.06 Å². The van der Waals surface area contributed by atoms with Crippen LogP contribution in [0.15, 0.2) is 83.9 Å². The average molecular weight is 394 g/mol. The van der Waals surface area contributed by atoms with Crippen LogP contribution in [0.2, 0.25) is 0 Å². The number of hydroxylamine groups is 2. The number of aliphatic imine (C=N–C) groups is 1. The Morgan fingerprint density at radius 3 is 1.93 bits per heavy atom. The fourth-order valence-corrected chi connectivity index (χ4v) is 4.16. The van der Waals surface area contributed by atoms with Crippen LogP contribution in [0.25, 0.3) is 32.7 Å². The molecule has 0 fully saturated rings. The van der Waals surface area contributed by atoms with Crippen molar-refractivity contribution in [1.29, 1.82) is 0 Å². The molecule has 0 amide bonds. The van der Waals surface area contributed by atoms with Gasteiger partial charge in [0.25, 0.3) is 0 Å². The fourth-order valence-electron chi connectivity index (χ4n) is 4.16. The van der Waals surface area contributed by atoms with Crippen molar-refractivity contribution in [1.82, 2.24) is 5.06 Å². The summed E-state index contributed by atoms with van der Waals surface area (Å²) in [4.78, 5) is 4.74. The zero-order chi connectivity index (χ0) is 21.1. The van der Waals surface area contributed by atoms with Crippen LogP contribution in [0.1, 0.15) is 33.3 Å². The van der Waals surface area contributed by atoms with Crippen molar-refractivity contribution in [3.63, 3.8) is 0 Å². The van der Waals surface area contributed by atoms with Gasteiger partial charge in [-0.1, -0.05) is 71.9 Å². The van der Waals surface area contributed by atoms with Crippen LogP contribution in [0.3, 0.4) is 0 Å². The molecule has 0 saturated heterocycles. The molecule has 4 aromatic rings. The van der Waals surface area contributed by atoms with E-state index in [4.69, 9.17) is 4.99 Å². The van der Waals surface area contributed by atoms with Gasteiger partial charge in [0.15, 0.2) is 5.84 Å². The van der Waals surface area contributed by atoms with E-state index >= 15 is 0 Å². The Labute approximate surface area is 177 Å². The van der Waals surface area contributed by atoms with Crippen LogP contribution >= 0.6 is 0 Å². The lowest BCUT2D eigenvalue weighted by molar-refractivity contribution is -0.158. The maximum Gasteiger partial charge on any atom is 0.159 e. The molecule has 0 saturated carbocycles. The molecule has 0 aliphatic carbocycles. The van der Waals surface area contributed by atoms with Gasteiger partial charge in [0, 0.05) is 5.56 Å². The van der Waals surface area contributed by atoms with Gasteiger partial charge in [-0.15, -0.1) is 0 Å². The molecular weight excluding hydrogens is 368 g/mol. The molecule has 1 heterocycles. The third-order valence-corrected chi connectivity index (χ3v) is 6.78. The first-order valence-corrected chi connectivity index (χ1v) is 10.4. The van der Waals surface area contributed by atoms with E-state index in [1.54, 1.807) is 0 Å². The van der Waals surface area contributed by atoms with Gasteiger partial charge in [-0.25, -0.2) is 0 Å². The van der Waals surface area contributed by atoms with E-state index in [1.807, 2.05) is 39.8 Å². The normalized spacial score (nSPS) is 17.5. The molecule has 1 aliphatic heterocycles. The summed E-state index contributed by atoms with van der Waals surface area (Å²) in [6, 6.07) is 27.6. The lowest BCUT2D eigenvalue weighted by atomic mass is 9.84. The van der Waals surface area contributed by atoms with Crippen LogP contribution in [0, 0.1) is 0 Å². The van der Waals surface area contributed by atoms with Crippen molar-refractivity contribution in [2.75, 3.05) is 0 Å². The summed E-state index contributed by atoms with van der Waals surface area (Å²) >= 11 is 0. The molecule has 3 heteroatoms. The monoisotopic (exact) mass is 393 g/mol. The first kappa shape index (κ1) is 18.8. The SMILES string of the molecule is CC1(C)N=C(c2ccc(-c3cccc4cc5ccccc5cc34)cc2)N([O])C1(C)C. The minimum atomic E-state index is -0.572. The van der Waals surface area contributed by atoms with E-state index in [9.17, 15) is 5.21 Å². The topological polar surface area (TPSA) is 35.5 Å². The first-order valence-electron chi connectivity index (χ1n) is 10.4. The molecule has 0 aromatic heterocycles. The van der Waals surface area contributed by atoms with Gasteiger partial charge in [0.05, 0.1) is 11.1 Å². The number of hydrogen-bond donors (Lipinski definition) is 0. The fraction of sp³-hybridized carbons (Fsp3) is 0.222. The Balaban J connectivity index is 1.58. The third-order valence-electron chi connectivity index (χ3n) is 6.78. The van der Waals surface area contributed by atoms with Crippen molar-refractivity contribution in [2.24, 2.45) is 4.99 Å².